The molecule has 1 aliphatic heterocycles. The van der Waals surface area contributed by atoms with E-state index in [1.165, 1.54) is 25.9 Å². The third-order valence-electron chi connectivity index (χ3n) is 3.78. The third-order valence-corrected chi connectivity index (χ3v) is 4.55. The highest BCUT2D eigenvalue weighted by Crippen LogP contribution is 2.15. The Labute approximate surface area is 141 Å². The summed E-state index contributed by atoms with van der Waals surface area (Å²) in [5, 5.41) is 7.18. The fraction of sp³-hybridized carbons (Fsp3) is 0.562. The predicted molar refractivity (Wildman–Crippen MR) is 97.8 cm³/mol. The van der Waals surface area contributed by atoms with Gasteiger partial charge in [-0.2, -0.15) is 0 Å². The Bertz CT molecular complexity index is 449. The Balaban J connectivity index is 1.59. The van der Waals surface area contributed by atoms with Crippen LogP contribution in [0, 0.1) is 5.92 Å². The Morgan fingerprint density at radius 1 is 1.38 bits per heavy atom. The van der Waals surface area contributed by atoms with Crippen LogP contribution in [0.15, 0.2) is 28.7 Å². The lowest BCUT2D eigenvalue weighted by Crippen LogP contribution is -2.37. The van der Waals surface area contributed by atoms with Crippen molar-refractivity contribution in [2.24, 2.45) is 5.92 Å². The summed E-state index contributed by atoms with van der Waals surface area (Å²) in [6, 6.07) is 8.02. The summed E-state index contributed by atoms with van der Waals surface area (Å²) in [4.78, 5) is 2.57. The molecule has 21 heavy (non-hydrogen) atoms. The van der Waals surface area contributed by atoms with Gasteiger partial charge in [-0.25, -0.2) is 0 Å². The van der Waals surface area contributed by atoms with Gasteiger partial charge in [-0.3, -0.25) is 0 Å². The van der Waals surface area contributed by atoms with Gasteiger partial charge in [0, 0.05) is 23.2 Å². The first-order valence-electron chi connectivity index (χ1n) is 7.66. The van der Waals surface area contributed by atoms with Crippen molar-refractivity contribution < 1.29 is 0 Å². The third kappa shape index (κ3) is 6.32. The Kier molecular flexibility index (Phi) is 6.93. The highest BCUT2D eigenvalue weighted by atomic mass is 79.9. The second-order valence-corrected chi connectivity index (χ2v) is 7.11. The van der Waals surface area contributed by atoms with Crippen molar-refractivity contribution in [2.75, 3.05) is 31.5 Å². The number of halogens is 1. The normalized spacial score (nSPS) is 19.2. The van der Waals surface area contributed by atoms with Gasteiger partial charge in [0.2, 0.25) is 0 Å². The SMILES string of the molecule is C[C@H]1CCCN(CCCNC(=S)Nc2ccc(Br)cc2)C1. The zero-order valence-electron chi connectivity index (χ0n) is 12.6. The first-order chi connectivity index (χ1) is 10.1. The van der Waals surface area contributed by atoms with Gasteiger partial charge in [-0.1, -0.05) is 22.9 Å². The molecule has 5 heteroatoms. The minimum Gasteiger partial charge on any atom is -0.362 e. The smallest absolute Gasteiger partial charge is 0.170 e. The summed E-state index contributed by atoms with van der Waals surface area (Å²) >= 11 is 8.73. The summed E-state index contributed by atoms with van der Waals surface area (Å²) < 4.78 is 1.07. The fourth-order valence-corrected chi connectivity index (χ4v) is 3.19. The van der Waals surface area contributed by atoms with Crippen molar-refractivity contribution in [3.8, 4) is 0 Å². The van der Waals surface area contributed by atoms with E-state index in [0.29, 0.717) is 5.11 Å². The number of piperidine rings is 1. The number of thiocarbonyl (C=S) groups is 1. The Morgan fingerprint density at radius 3 is 2.86 bits per heavy atom. The molecular formula is C16H24BrN3S. The maximum absolute atomic E-state index is 5.31. The number of hydrogen-bond donors (Lipinski definition) is 2. The van der Waals surface area contributed by atoms with E-state index in [-0.39, 0.29) is 0 Å². The lowest BCUT2D eigenvalue weighted by Gasteiger charge is -2.30. The van der Waals surface area contributed by atoms with E-state index in [4.69, 9.17) is 12.2 Å². The van der Waals surface area contributed by atoms with Gasteiger partial charge >= 0.3 is 0 Å². The number of nitrogens with one attached hydrogen (secondary N) is 2. The van der Waals surface area contributed by atoms with E-state index in [0.717, 1.165) is 35.6 Å². The van der Waals surface area contributed by atoms with E-state index in [2.05, 4.69) is 38.4 Å². The predicted octanol–water partition coefficient (Wildman–Crippen LogP) is 3.86. The highest BCUT2D eigenvalue weighted by Gasteiger charge is 2.15. The van der Waals surface area contributed by atoms with Crippen molar-refractivity contribution >= 4 is 38.9 Å². The molecule has 1 aliphatic rings. The van der Waals surface area contributed by atoms with Gasteiger partial charge in [-0.05, 0) is 74.8 Å². The van der Waals surface area contributed by atoms with E-state index in [9.17, 15) is 0 Å². The van der Waals surface area contributed by atoms with Gasteiger partial charge in [0.15, 0.2) is 5.11 Å². The molecule has 0 radical (unpaired) electrons. The second-order valence-electron chi connectivity index (χ2n) is 5.79. The van der Waals surface area contributed by atoms with Crippen molar-refractivity contribution in [3.05, 3.63) is 28.7 Å². The summed E-state index contributed by atoms with van der Waals surface area (Å²) in [7, 11) is 0. The monoisotopic (exact) mass is 369 g/mol. The van der Waals surface area contributed by atoms with Crippen molar-refractivity contribution in [1.82, 2.24) is 10.2 Å². The largest absolute Gasteiger partial charge is 0.362 e. The average molecular weight is 370 g/mol. The summed E-state index contributed by atoms with van der Waals surface area (Å²) in [6.45, 7) is 6.95. The van der Waals surface area contributed by atoms with Crippen LogP contribution in [0.3, 0.4) is 0 Å². The molecule has 116 valence electrons. The molecular weight excluding hydrogens is 346 g/mol. The molecule has 0 unspecified atom stereocenters. The summed E-state index contributed by atoms with van der Waals surface area (Å²) in [5.74, 6) is 0.854. The van der Waals surface area contributed by atoms with E-state index >= 15 is 0 Å². The fourth-order valence-electron chi connectivity index (χ4n) is 2.70. The number of anilines is 1. The molecule has 1 fully saturated rings. The van der Waals surface area contributed by atoms with Crippen LogP contribution in [0.5, 0.6) is 0 Å². The maximum atomic E-state index is 5.31. The van der Waals surface area contributed by atoms with E-state index in [1.54, 1.807) is 0 Å². The minimum atomic E-state index is 0.698. The lowest BCUT2D eigenvalue weighted by molar-refractivity contribution is 0.182. The van der Waals surface area contributed by atoms with Crippen LogP contribution in [-0.2, 0) is 0 Å². The molecule has 2 N–H and O–H groups in total. The standard InChI is InChI=1S/C16H24BrN3S/c1-13-4-2-10-20(12-13)11-3-9-18-16(21)19-15-7-5-14(17)6-8-15/h5-8,13H,2-4,9-12H2,1H3,(H2,18,19,21)/t13-/m0/s1. The molecule has 0 saturated carbocycles. The summed E-state index contributed by atoms with van der Waals surface area (Å²) in [5.41, 5.74) is 1.01. The van der Waals surface area contributed by atoms with E-state index in [1.807, 2.05) is 24.3 Å². The number of nitrogens with zero attached hydrogens (tertiary/aromatic N) is 1. The number of likely N-dealkylation sites (tertiary alicyclic amines) is 1. The zero-order chi connectivity index (χ0) is 15.1. The first-order valence-corrected chi connectivity index (χ1v) is 8.86. The molecule has 1 heterocycles. The average Bonchev–Trinajstić information content (AvgIpc) is 2.46. The lowest BCUT2D eigenvalue weighted by atomic mass is 10.0. The van der Waals surface area contributed by atoms with Crippen molar-refractivity contribution in [1.29, 1.82) is 0 Å². The van der Waals surface area contributed by atoms with Crippen LogP contribution in [0.4, 0.5) is 5.69 Å². The van der Waals surface area contributed by atoms with Gasteiger partial charge in [0.25, 0.3) is 0 Å². The number of benzene rings is 1. The first kappa shape index (κ1) is 16.7. The molecule has 2 rings (SSSR count). The molecule has 1 atom stereocenters. The van der Waals surface area contributed by atoms with Crippen LogP contribution < -0.4 is 10.6 Å². The molecule has 0 amide bonds. The zero-order valence-corrected chi connectivity index (χ0v) is 15.0. The molecule has 1 saturated heterocycles. The second kappa shape index (κ2) is 8.71. The highest BCUT2D eigenvalue weighted by molar-refractivity contribution is 9.10. The van der Waals surface area contributed by atoms with Gasteiger partial charge in [0.05, 0.1) is 0 Å². The molecule has 1 aromatic rings. The van der Waals surface area contributed by atoms with Crippen LogP contribution in [0.1, 0.15) is 26.2 Å². The van der Waals surface area contributed by atoms with Crippen LogP contribution >= 0.6 is 28.1 Å². The molecule has 0 aliphatic carbocycles. The Morgan fingerprint density at radius 2 is 2.14 bits per heavy atom. The minimum absolute atomic E-state index is 0.698. The molecule has 0 spiro atoms. The molecule has 0 aromatic heterocycles. The van der Waals surface area contributed by atoms with Gasteiger partial charge < -0.3 is 15.5 Å². The van der Waals surface area contributed by atoms with Crippen molar-refractivity contribution in [3.63, 3.8) is 0 Å². The quantitative estimate of drug-likeness (QED) is 0.608. The number of hydrogen-bond acceptors (Lipinski definition) is 2. The molecule has 0 bridgehead atoms. The van der Waals surface area contributed by atoms with Gasteiger partial charge in [0.1, 0.15) is 0 Å². The van der Waals surface area contributed by atoms with E-state index < -0.39 is 0 Å². The number of rotatable bonds is 5. The van der Waals surface area contributed by atoms with Crippen LogP contribution in [0.25, 0.3) is 0 Å². The topological polar surface area (TPSA) is 27.3 Å². The van der Waals surface area contributed by atoms with Crippen LogP contribution in [-0.4, -0.2) is 36.2 Å². The van der Waals surface area contributed by atoms with Gasteiger partial charge in [-0.15, -0.1) is 0 Å². The van der Waals surface area contributed by atoms with Crippen LogP contribution in [0.2, 0.25) is 0 Å². The molecule has 3 nitrogen and oxygen atoms in total. The maximum Gasteiger partial charge on any atom is 0.170 e. The molecule has 1 aromatic carbocycles. The van der Waals surface area contributed by atoms with Crippen molar-refractivity contribution in [2.45, 2.75) is 26.2 Å². The summed E-state index contributed by atoms with van der Waals surface area (Å²) in [6.07, 6.45) is 3.86. The Hall–Kier alpha value is -0.650.